The number of aromatic nitrogens is 2. The first kappa shape index (κ1) is 13.8. The molecule has 2 aromatic rings. The Balaban J connectivity index is 1.57. The van der Waals surface area contributed by atoms with Gasteiger partial charge in [0.1, 0.15) is 0 Å². The van der Waals surface area contributed by atoms with Crippen LogP contribution < -0.4 is 10.6 Å². The van der Waals surface area contributed by atoms with Crippen LogP contribution in [0, 0.1) is 11.8 Å². The molecule has 1 saturated heterocycles. The van der Waals surface area contributed by atoms with Crippen molar-refractivity contribution in [2.45, 2.75) is 13.5 Å². The van der Waals surface area contributed by atoms with E-state index in [-0.39, 0.29) is 11.8 Å². The van der Waals surface area contributed by atoms with Gasteiger partial charge in [-0.3, -0.25) is 9.48 Å². The largest absolute Gasteiger partial charge is 0.326 e. The van der Waals surface area contributed by atoms with Crippen LogP contribution in [-0.4, -0.2) is 28.8 Å². The Morgan fingerprint density at radius 1 is 1.43 bits per heavy atom. The Kier molecular flexibility index (Phi) is 4.01. The molecule has 2 heterocycles. The van der Waals surface area contributed by atoms with Crippen molar-refractivity contribution in [3.05, 3.63) is 48.3 Å². The molecule has 0 bridgehead atoms. The number of carbonyl (C=O) groups is 1. The highest BCUT2D eigenvalue weighted by Gasteiger charge is 2.28. The summed E-state index contributed by atoms with van der Waals surface area (Å²) in [5.41, 5.74) is 2.01. The fraction of sp³-hybridized carbons (Fsp3) is 0.375. The van der Waals surface area contributed by atoms with Crippen LogP contribution in [0.2, 0.25) is 0 Å². The van der Waals surface area contributed by atoms with E-state index in [4.69, 9.17) is 0 Å². The molecular weight excluding hydrogens is 264 g/mol. The first-order valence-electron chi connectivity index (χ1n) is 7.30. The highest BCUT2D eigenvalue weighted by Crippen LogP contribution is 2.18. The first-order valence-corrected chi connectivity index (χ1v) is 7.30. The second-order valence-corrected chi connectivity index (χ2v) is 5.60. The van der Waals surface area contributed by atoms with Crippen molar-refractivity contribution >= 4 is 11.6 Å². The summed E-state index contributed by atoms with van der Waals surface area (Å²) in [7, 11) is 0. The van der Waals surface area contributed by atoms with Crippen LogP contribution in [0.1, 0.15) is 12.5 Å². The molecule has 1 atom stereocenters. The molecule has 1 aromatic heterocycles. The van der Waals surface area contributed by atoms with E-state index in [1.807, 2.05) is 48.1 Å². The number of nitrogens with one attached hydrogen (secondary N) is 2. The van der Waals surface area contributed by atoms with Gasteiger partial charge in [0, 0.05) is 24.0 Å². The molecule has 110 valence electrons. The number of hydrogen-bond donors (Lipinski definition) is 2. The number of hydrogen-bond acceptors (Lipinski definition) is 3. The fourth-order valence-electron chi connectivity index (χ4n) is 2.41. The van der Waals surface area contributed by atoms with Gasteiger partial charge in [0.25, 0.3) is 0 Å². The number of anilines is 1. The van der Waals surface area contributed by atoms with E-state index < -0.39 is 0 Å². The molecule has 3 rings (SSSR count). The van der Waals surface area contributed by atoms with Crippen LogP contribution in [-0.2, 0) is 11.3 Å². The van der Waals surface area contributed by atoms with E-state index in [0.717, 1.165) is 30.9 Å². The quantitative estimate of drug-likeness (QED) is 0.879. The predicted octanol–water partition coefficient (Wildman–Crippen LogP) is 1.73. The van der Waals surface area contributed by atoms with Gasteiger partial charge in [-0.05, 0) is 42.8 Å². The minimum Gasteiger partial charge on any atom is -0.326 e. The first-order chi connectivity index (χ1) is 10.2. The minimum absolute atomic E-state index is 0.0509. The molecule has 0 spiro atoms. The predicted molar refractivity (Wildman–Crippen MR) is 81.9 cm³/mol. The lowest BCUT2D eigenvalue weighted by molar-refractivity contribution is -0.121. The number of rotatable bonds is 5. The van der Waals surface area contributed by atoms with Gasteiger partial charge < -0.3 is 10.6 Å². The SMILES string of the molecule is CC(C(=O)Nc1ccc(Cn2cccn2)cc1)C1CNC1. The second-order valence-electron chi connectivity index (χ2n) is 5.60. The zero-order valence-electron chi connectivity index (χ0n) is 12.1. The third-order valence-electron chi connectivity index (χ3n) is 4.06. The van der Waals surface area contributed by atoms with Crippen molar-refractivity contribution in [1.29, 1.82) is 0 Å². The van der Waals surface area contributed by atoms with Crippen LogP contribution in [0.4, 0.5) is 5.69 Å². The Bertz CT molecular complexity index is 587. The van der Waals surface area contributed by atoms with Crippen LogP contribution in [0.15, 0.2) is 42.7 Å². The summed E-state index contributed by atoms with van der Waals surface area (Å²) in [5, 5.41) is 10.4. The lowest BCUT2D eigenvalue weighted by Gasteiger charge is -2.31. The van der Waals surface area contributed by atoms with Gasteiger partial charge in [-0.1, -0.05) is 19.1 Å². The van der Waals surface area contributed by atoms with Crippen LogP contribution in [0.3, 0.4) is 0 Å². The maximum absolute atomic E-state index is 12.1. The highest BCUT2D eigenvalue weighted by atomic mass is 16.1. The molecule has 1 unspecified atom stereocenters. The maximum atomic E-state index is 12.1. The molecule has 0 radical (unpaired) electrons. The Morgan fingerprint density at radius 3 is 2.76 bits per heavy atom. The van der Waals surface area contributed by atoms with E-state index >= 15 is 0 Å². The van der Waals surface area contributed by atoms with Gasteiger partial charge in [0.15, 0.2) is 0 Å². The highest BCUT2D eigenvalue weighted by molar-refractivity contribution is 5.92. The molecule has 1 fully saturated rings. The standard InChI is InChI=1S/C16H20N4O/c1-12(14-9-17-10-14)16(21)19-15-5-3-13(4-6-15)11-20-8-2-7-18-20/h2-8,12,14,17H,9-11H2,1H3,(H,19,21). The molecular formula is C16H20N4O. The van der Waals surface area contributed by atoms with Gasteiger partial charge in [0.2, 0.25) is 5.91 Å². The second kappa shape index (κ2) is 6.10. The van der Waals surface area contributed by atoms with Gasteiger partial charge in [-0.25, -0.2) is 0 Å². The van der Waals surface area contributed by atoms with E-state index in [0.29, 0.717) is 5.92 Å². The normalized spacial score (nSPS) is 16.2. The number of nitrogens with zero attached hydrogens (tertiary/aromatic N) is 2. The van der Waals surface area contributed by atoms with Gasteiger partial charge in [-0.15, -0.1) is 0 Å². The Hall–Kier alpha value is -2.14. The molecule has 5 heteroatoms. The molecule has 1 amide bonds. The summed E-state index contributed by atoms with van der Waals surface area (Å²) in [4.78, 5) is 12.1. The van der Waals surface area contributed by atoms with Gasteiger partial charge >= 0.3 is 0 Å². The van der Waals surface area contributed by atoms with E-state index in [1.165, 1.54) is 0 Å². The van der Waals surface area contributed by atoms with Crippen molar-refractivity contribution in [2.24, 2.45) is 11.8 Å². The summed E-state index contributed by atoms with van der Waals surface area (Å²) in [5.74, 6) is 0.611. The fourth-order valence-corrected chi connectivity index (χ4v) is 2.41. The molecule has 0 saturated carbocycles. The van der Waals surface area contributed by atoms with Gasteiger partial charge in [-0.2, -0.15) is 5.10 Å². The molecule has 5 nitrogen and oxygen atoms in total. The van der Waals surface area contributed by atoms with Crippen LogP contribution >= 0.6 is 0 Å². The molecule has 0 aliphatic carbocycles. The molecule has 1 aliphatic heterocycles. The zero-order valence-corrected chi connectivity index (χ0v) is 12.1. The van der Waals surface area contributed by atoms with E-state index in [9.17, 15) is 4.79 Å². The average molecular weight is 284 g/mol. The summed E-state index contributed by atoms with van der Waals surface area (Å²) in [6.07, 6.45) is 3.70. The number of carbonyl (C=O) groups excluding carboxylic acids is 1. The molecule has 2 N–H and O–H groups in total. The summed E-state index contributed by atoms with van der Waals surface area (Å²) in [6, 6.07) is 9.84. The van der Waals surface area contributed by atoms with E-state index in [1.54, 1.807) is 6.20 Å². The third kappa shape index (κ3) is 3.31. The lowest BCUT2D eigenvalue weighted by atomic mass is 9.88. The van der Waals surface area contributed by atoms with Crippen molar-refractivity contribution in [3.8, 4) is 0 Å². The van der Waals surface area contributed by atoms with Crippen molar-refractivity contribution in [3.63, 3.8) is 0 Å². The van der Waals surface area contributed by atoms with Crippen LogP contribution in [0.5, 0.6) is 0 Å². The minimum atomic E-state index is 0.0509. The third-order valence-corrected chi connectivity index (χ3v) is 4.06. The summed E-state index contributed by atoms with van der Waals surface area (Å²) < 4.78 is 1.87. The van der Waals surface area contributed by atoms with Crippen molar-refractivity contribution in [1.82, 2.24) is 15.1 Å². The lowest BCUT2D eigenvalue weighted by Crippen LogP contribution is -2.48. The Labute approximate surface area is 124 Å². The van der Waals surface area contributed by atoms with Gasteiger partial charge in [0.05, 0.1) is 6.54 Å². The van der Waals surface area contributed by atoms with Crippen LogP contribution in [0.25, 0.3) is 0 Å². The summed E-state index contributed by atoms with van der Waals surface area (Å²) >= 11 is 0. The smallest absolute Gasteiger partial charge is 0.227 e. The molecule has 21 heavy (non-hydrogen) atoms. The molecule has 1 aliphatic rings. The average Bonchev–Trinajstić information content (AvgIpc) is 2.92. The van der Waals surface area contributed by atoms with Crippen molar-refractivity contribution < 1.29 is 4.79 Å². The molecule has 1 aromatic carbocycles. The van der Waals surface area contributed by atoms with E-state index in [2.05, 4.69) is 15.7 Å². The topological polar surface area (TPSA) is 59.0 Å². The Morgan fingerprint density at radius 2 is 2.19 bits per heavy atom. The monoisotopic (exact) mass is 284 g/mol. The maximum Gasteiger partial charge on any atom is 0.227 e. The van der Waals surface area contributed by atoms with Crippen molar-refractivity contribution in [2.75, 3.05) is 18.4 Å². The number of amides is 1. The zero-order chi connectivity index (χ0) is 14.7. The number of benzene rings is 1. The summed E-state index contributed by atoms with van der Waals surface area (Å²) in [6.45, 7) is 4.62.